The highest BCUT2D eigenvalue weighted by atomic mass is 79.9. The van der Waals surface area contributed by atoms with E-state index in [0.29, 0.717) is 16.6 Å². The third-order valence-electron chi connectivity index (χ3n) is 3.69. The van der Waals surface area contributed by atoms with Gasteiger partial charge in [-0.3, -0.25) is 4.79 Å². The molecule has 0 aromatic carbocycles. The Bertz CT molecular complexity index is 1040. The lowest BCUT2D eigenvalue weighted by atomic mass is 10.2. The van der Waals surface area contributed by atoms with Crippen LogP contribution in [0.25, 0.3) is 6.08 Å². The molecular weight excluding hydrogens is 702 g/mol. The fourth-order valence-electron chi connectivity index (χ4n) is 2.20. The maximum absolute atomic E-state index is 10.1. The predicted octanol–water partition coefficient (Wildman–Crippen LogP) is 7.02. The number of methoxy groups -OCH3 is 3. The first kappa shape index (κ1) is 30.5. The average molecular weight is 725 g/mol. The summed E-state index contributed by atoms with van der Waals surface area (Å²) in [5.41, 5.74) is 2.19. The van der Waals surface area contributed by atoms with Gasteiger partial charge in [0.2, 0.25) is 0 Å². The molecule has 0 aliphatic heterocycles. The first-order chi connectivity index (χ1) is 16.3. The quantitative estimate of drug-likeness (QED) is 0.0852. The second-order valence-electron chi connectivity index (χ2n) is 6.05. The Balaban J connectivity index is 0.000000262. The Morgan fingerprint density at radius 1 is 0.765 bits per heavy atom. The fourth-order valence-corrected chi connectivity index (χ4v) is 3.96. The van der Waals surface area contributed by atoms with Crippen molar-refractivity contribution in [2.75, 3.05) is 21.3 Å². The zero-order valence-electron chi connectivity index (χ0n) is 18.6. The number of halogens is 4. The number of aromatic nitrogens is 3. The van der Waals surface area contributed by atoms with Gasteiger partial charge in [-0.05, 0) is 90.3 Å². The highest BCUT2D eigenvalue weighted by molar-refractivity contribution is 9.11. The van der Waals surface area contributed by atoms with E-state index in [0.717, 1.165) is 20.6 Å². The van der Waals surface area contributed by atoms with E-state index in [1.165, 1.54) is 0 Å². The Kier molecular flexibility index (Phi) is 16.0. The van der Waals surface area contributed by atoms with E-state index < -0.39 is 0 Å². The molecule has 3 heterocycles. The second kappa shape index (κ2) is 17.9. The standard InChI is InChI=1S/C9H11Br2NO2.C8H8BrNO.C6H4BrNO/c1-13-9(14-2)8(11)6-4-3-5-7(10)12-6;1-11-6-5-7-3-2-4-8(9)10-7;7-6-3-1-2-5(4-9)8-6/h3-5,8-9H,1-2H3;2-6H,1H3;1-4H. The molecule has 0 aliphatic carbocycles. The number of carbonyl (C=O) groups is 1. The van der Waals surface area contributed by atoms with Gasteiger partial charge in [-0.1, -0.05) is 34.1 Å². The molecule has 3 aromatic rings. The maximum atomic E-state index is 10.1. The van der Waals surface area contributed by atoms with Crippen LogP contribution in [0.3, 0.4) is 0 Å². The van der Waals surface area contributed by atoms with Crippen LogP contribution in [-0.4, -0.2) is 48.9 Å². The molecule has 182 valence electrons. The number of hydrogen-bond donors (Lipinski definition) is 0. The van der Waals surface area contributed by atoms with Crippen molar-refractivity contribution < 1.29 is 19.0 Å². The molecular formula is C23H23Br4N3O4. The number of ether oxygens (including phenoxy) is 3. The number of carbonyl (C=O) groups excluding carboxylic acids is 1. The lowest BCUT2D eigenvalue weighted by Gasteiger charge is -2.18. The molecule has 11 heteroatoms. The lowest BCUT2D eigenvalue weighted by molar-refractivity contribution is -0.101. The van der Waals surface area contributed by atoms with Gasteiger partial charge in [0.25, 0.3) is 0 Å². The SMILES string of the molecule is COC(OC)C(Br)c1cccc(Br)n1.COC=Cc1cccc(Br)n1.O=Cc1cccc(Br)n1. The minimum atomic E-state index is -0.336. The molecule has 1 unspecified atom stereocenters. The lowest BCUT2D eigenvalue weighted by Crippen LogP contribution is -2.19. The largest absolute Gasteiger partial charge is 0.504 e. The van der Waals surface area contributed by atoms with Crippen molar-refractivity contribution in [2.24, 2.45) is 0 Å². The summed E-state index contributed by atoms with van der Waals surface area (Å²) in [6, 6.07) is 16.6. The van der Waals surface area contributed by atoms with Gasteiger partial charge in [-0.2, -0.15) is 0 Å². The molecule has 7 nitrogen and oxygen atoms in total. The van der Waals surface area contributed by atoms with Gasteiger partial charge in [0.1, 0.15) is 24.3 Å². The van der Waals surface area contributed by atoms with E-state index in [1.807, 2.05) is 36.4 Å². The fraction of sp³-hybridized carbons (Fsp3) is 0.217. The normalized spacial score (nSPS) is 11.2. The molecule has 1 atom stereocenters. The van der Waals surface area contributed by atoms with Crippen molar-refractivity contribution >= 4 is 76.1 Å². The van der Waals surface area contributed by atoms with E-state index in [2.05, 4.69) is 78.7 Å². The van der Waals surface area contributed by atoms with E-state index in [1.54, 1.807) is 51.9 Å². The molecule has 0 aliphatic rings. The summed E-state index contributed by atoms with van der Waals surface area (Å²) in [6.45, 7) is 0. The van der Waals surface area contributed by atoms with Crippen LogP contribution in [0.15, 0.2) is 74.7 Å². The number of alkyl halides is 1. The van der Waals surface area contributed by atoms with Gasteiger partial charge < -0.3 is 14.2 Å². The molecule has 34 heavy (non-hydrogen) atoms. The molecule has 0 bridgehead atoms. The zero-order chi connectivity index (χ0) is 25.3. The number of rotatable bonds is 7. The number of nitrogens with zero attached hydrogens (tertiary/aromatic N) is 3. The number of hydrogen-bond acceptors (Lipinski definition) is 7. The van der Waals surface area contributed by atoms with Gasteiger partial charge in [-0.25, -0.2) is 15.0 Å². The van der Waals surface area contributed by atoms with Crippen LogP contribution in [0.2, 0.25) is 0 Å². The summed E-state index contributed by atoms with van der Waals surface area (Å²) in [5, 5.41) is 0. The highest BCUT2D eigenvalue weighted by Gasteiger charge is 2.20. The molecule has 0 fully saturated rings. The monoisotopic (exact) mass is 721 g/mol. The molecule has 0 amide bonds. The Morgan fingerprint density at radius 3 is 1.71 bits per heavy atom. The average Bonchev–Trinajstić information content (AvgIpc) is 2.84. The topological polar surface area (TPSA) is 83.4 Å². The summed E-state index contributed by atoms with van der Waals surface area (Å²) in [6.07, 6.45) is 3.77. The maximum Gasteiger partial charge on any atom is 0.174 e. The second-order valence-corrected chi connectivity index (χ2v) is 9.48. The van der Waals surface area contributed by atoms with Crippen molar-refractivity contribution in [2.45, 2.75) is 11.1 Å². The summed E-state index contributed by atoms with van der Waals surface area (Å²) >= 11 is 13.2. The number of pyridine rings is 3. The van der Waals surface area contributed by atoms with Gasteiger partial charge >= 0.3 is 0 Å². The van der Waals surface area contributed by atoms with E-state index in [-0.39, 0.29) is 11.1 Å². The molecule has 0 radical (unpaired) electrons. The van der Waals surface area contributed by atoms with Crippen LogP contribution in [0.1, 0.15) is 26.7 Å². The van der Waals surface area contributed by atoms with Crippen LogP contribution < -0.4 is 0 Å². The third-order valence-corrected chi connectivity index (χ3v) is 5.92. The molecule has 0 N–H and O–H groups in total. The molecule has 0 saturated heterocycles. The minimum absolute atomic E-state index is 0.0741. The number of aldehydes is 1. The van der Waals surface area contributed by atoms with Crippen LogP contribution >= 0.6 is 63.7 Å². The molecule has 3 aromatic heterocycles. The molecule has 0 spiro atoms. The predicted molar refractivity (Wildman–Crippen MR) is 147 cm³/mol. The third kappa shape index (κ3) is 12.3. The first-order valence-corrected chi connectivity index (χ1v) is 12.9. The smallest absolute Gasteiger partial charge is 0.174 e. The van der Waals surface area contributed by atoms with Gasteiger partial charge in [-0.15, -0.1) is 0 Å². The van der Waals surface area contributed by atoms with Crippen LogP contribution in [0.4, 0.5) is 0 Å². The van der Waals surface area contributed by atoms with Gasteiger partial charge in [0.05, 0.1) is 24.8 Å². The minimum Gasteiger partial charge on any atom is -0.504 e. The van der Waals surface area contributed by atoms with E-state index in [4.69, 9.17) is 14.2 Å². The Hall–Kier alpha value is -1.50. The summed E-state index contributed by atoms with van der Waals surface area (Å²) in [5.74, 6) is 0. The molecule has 3 rings (SSSR count). The zero-order valence-corrected chi connectivity index (χ0v) is 24.9. The van der Waals surface area contributed by atoms with E-state index >= 15 is 0 Å². The van der Waals surface area contributed by atoms with Gasteiger partial charge in [0, 0.05) is 14.2 Å². The summed E-state index contributed by atoms with van der Waals surface area (Å²) < 4.78 is 17.3. The first-order valence-electron chi connectivity index (χ1n) is 9.56. The van der Waals surface area contributed by atoms with Crippen molar-refractivity contribution in [3.63, 3.8) is 0 Å². The highest BCUT2D eigenvalue weighted by Crippen LogP contribution is 2.27. The van der Waals surface area contributed by atoms with E-state index in [9.17, 15) is 4.79 Å². The van der Waals surface area contributed by atoms with Crippen molar-refractivity contribution in [1.82, 2.24) is 15.0 Å². The van der Waals surface area contributed by atoms with Gasteiger partial charge in [0.15, 0.2) is 12.6 Å². The van der Waals surface area contributed by atoms with Crippen LogP contribution in [0.5, 0.6) is 0 Å². The van der Waals surface area contributed by atoms with Crippen LogP contribution in [0, 0.1) is 0 Å². The summed E-state index contributed by atoms with van der Waals surface area (Å²) in [4.78, 5) is 22.3. The van der Waals surface area contributed by atoms with Crippen molar-refractivity contribution in [3.05, 3.63) is 91.8 Å². The molecule has 0 saturated carbocycles. The van der Waals surface area contributed by atoms with Crippen molar-refractivity contribution in [3.8, 4) is 0 Å². The van der Waals surface area contributed by atoms with Crippen LogP contribution in [-0.2, 0) is 14.2 Å². The Labute approximate surface area is 232 Å². The summed E-state index contributed by atoms with van der Waals surface area (Å²) in [7, 11) is 4.80. The van der Waals surface area contributed by atoms with Crippen molar-refractivity contribution in [1.29, 1.82) is 0 Å². The Morgan fingerprint density at radius 2 is 1.26 bits per heavy atom.